The van der Waals surface area contributed by atoms with Gasteiger partial charge in [0.2, 0.25) is 5.91 Å². The number of nitro groups is 1. The van der Waals surface area contributed by atoms with Crippen molar-refractivity contribution in [3.63, 3.8) is 0 Å². The van der Waals surface area contributed by atoms with Gasteiger partial charge in [0.25, 0.3) is 5.69 Å². The third kappa shape index (κ3) is 4.77. The van der Waals surface area contributed by atoms with E-state index < -0.39 is 10.3 Å². The average molecular weight is 385 g/mol. The van der Waals surface area contributed by atoms with E-state index in [4.69, 9.17) is 0 Å². The summed E-state index contributed by atoms with van der Waals surface area (Å²) in [6.07, 6.45) is 1.67. The smallest absolute Gasteiger partial charge is 0.293 e. The van der Waals surface area contributed by atoms with Gasteiger partial charge in [-0.15, -0.1) is 0 Å². The molecule has 0 aromatic heterocycles. The molecular formula is C17H25BrN2O3. The molecule has 0 unspecified atom stereocenters. The Morgan fingerprint density at radius 1 is 1.30 bits per heavy atom. The van der Waals surface area contributed by atoms with Gasteiger partial charge in [0.1, 0.15) is 5.69 Å². The summed E-state index contributed by atoms with van der Waals surface area (Å²) in [7, 11) is 1.60. The lowest BCUT2D eigenvalue weighted by Crippen LogP contribution is -2.41. The van der Waals surface area contributed by atoms with Crippen molar-refractivity contribution >= 4 is 33.2 Å². The van der Waals surface area contributed by atoms with Crippen molar-refractivity contribution in [3.8, 4) is 0 Å². The van der Waals surface area contributed by atoms with Crippen LogP contribution in [0.15, 0.2) is 22.7 Å². The van der Waals surface area contributed by atoms with E-state index in [9.17, 15) is 14.9 Å². The van der Waals surface area contributed by atoms with Crippen LogP contribution in [0.2, 0.25) is 0 Å². The highest BCUT2D eigenvalue weighted by molar-refractivity contribution is 9.10. The van der Waals surface area contributed by atoms with Crippen LogP contribution in [0.3, 0.4) is 0 Å². The van der Waals surface area contributed by atoms with Gasteiger partial charge in [0, 0.05) is 23.0 Å². The van der Waals surface area contributed by atoms with Crippen molar-refractivity contribution in [2.75, 3.05) is 11.9 Å². The van der Waals surface area contributed by atoms with E-state index in [-0.39, 0.29) is 17.0 Å². The molecule has 0 bridgehead atoms. The molecule has 0 saturated carbocycles. The standard InChI is InChI=1S/C17H25BrN2O3/c1-7-16(2,3)11-17(4,5)15(21)19(6)14-10-12(18)8-9-13(14)20(22)23/h8-10H,7,11H2,1-6H3. The lowest BCUT2D eigenvalue weighted by molar-refractivity contribution is -0.384. The Balaban J connectivity index is 3.19. The van der Waals surface area contributed by atoms with Gasteiger partial charge in [-0.1, -0.05) is 57.0 Å². The summed E-state index contributed by atoms with van der Waals surface area (Å²) >= 11 is 3.31. The van der Waals surface area contributed by atoms with E-state index >= 15 is 0 Å². The van der Waals surface area contributed by atoms with Crippen LogP contribution in [0.4, 0.5) is 11.4 Å². The van der Waals surface area contributed by atoms with E-state index in [0.29, 0.717) is 16.6 Å². The highest BCUT2D eigenvalue weighted by Gasteiger charge is 2.37. The van der Waals surface area contributed by atoms with Crippen molar-refractivity contribution in [2.45, 2.75) is 47.5 Å². The van der Waals surface area contributed by atoms with E-state index in [2.05, 4.69) is 36.7 Å². The van der Waals surface area contributed by atoms with Crippen molar-refractivity contribution in [1.82, 2.24) is 0 Å². The van der Waals surface area contributed by atoms with Crippen LogP contribution in [0.5, 0.6) is 0 Å². The van der Waals surface area contributed by atoms with E-state index in [1.165, 1.54) is 11.0 Å². The molecule has 23 heavy (non-hydrogen) atoms. The molecule has 0 aliphatic heterocycles. The highest BCUT2D eigenvalue weighted by Crippen LogP contribution is 2.39. The number of anilines is 1. The SMILES string of the molecule is CCC(C)(C)CC(C)(C)C(=O)N(C)c1cc(Br)ccc1[N+](=O)[O-]. The molecule has 6 heteroatoms. The molecule has 0 atom stereocenters. The van der Waals surface area contributed by atoms with Gasteiger partial charge >= 0.3 is 0 Å². The molecule has 0 N–H and O–H groups in total. The Labute approximate surface area is 146 Å². The highest BCUT2D eigenvalue weighted by atomic mass is 79.9. The van der Waals surface area contributed by atoms with Crippen LogP contribution in [-0.2, 0) is 4.79 Å². The van der Waals surface area contributed by atoms with Gasteiger partial charge in [-0.25, -0.2) is 0 Å². The molecule has 0 spiro atoms. The predicted molar refractivity (Wildman–Crippen MR) is 96.7 cm³/mol. The zero-order chi connectivity index (χ0) is 18.0. The van der Waals surface area contributed by atoms with Crippen molar-refractivity contribution in [1.29, 1.82) is 0 Å². The number of hydrogen-bond donors (Lipinski definition) is 0. The number of halogens is 1. The normalized spacial score (nSPS) is 12.1. The molecular weight excluding hydrogens is 360 g/mol. The Kier molecular flexibility index (Phi) is 5.96. The lowest BCUT2D eigenvalue weighted by atomic mass is 9.73. The molecule has 0 fully saturated rings. The fourth-order valence-electron chi connectivity index (χ4n) is 2.88. The number of carbonyl (C=O) groups is 1. The second-order valence-corrected chi connectivity index (χ2v) is 8.25. The van der Waals surface area contributed by atoms with Crippen LogP contribution in [-0.4, -0.2) is 17.9 Å². The molecule has 5 nitrogen and oxygen atoms in total. The molecule has 128 valence electrons. The molecule has 0 saturated heterocycles. The first-order valence-electron chi connectivity index (χ1n) is 7.63. The molecule has 0 radical (unpaired) electrons. The second kappa shape index (κ2) is 6.99. The average Bonchev–Trinajstić information content (AvgIpc) is 2.44. The second-order valence-electron chi connectivity index (χ2n) is 7.33. The van der Waals surface area contributed by atoms with Gasteiger partial charge in [0.05, 0.1) is 4.92 Å². The molecule has 0 aliphatic rings. The molecule has 1 rings (SSSR count). The Hall–Kier alpha value is -1.43. The van der Waals surface area contributed by atoms with Crippen LogP contribution in [0, 0.1) is 20.9 Å². The molecule has 1 aromatic carbocycles. The largest absolute Gasteiger partial charge is 0.309 e. The number of amides is 1. The van der Waals surface area contributed by atoms with Crippen LogP contribution in [0.25, 0.3) is 0 Å². The summed E-state index contributed by atoms with van der Waals surface area (Å²) in [5.74, 6) is -0.125. The van der Waals surface area contributed by atoms with Gasteiger partial charge in [0.15, 0.2) is 0 Å². The molecule has 1 aromatic rings. The monoisotopic (exact) mass is 384 g/mol. The quantitative estimate of drug-likeness (QED) is 0.501. The summed E-state index contributed by atoms with van der Waals surface area (Å²) in [4.78, 5) is 25.1. The lowest BCUT2D eigenvalue weighted by Gasteiger charge is -2.35. The Bertz CT molecular complexity index is 612. The first-order chi connectivity index (χ1) is 10.4. The number of benzene rings is 1. The van der Waals surface area contributed by atoms with E-state index in [1.54, 1.807) is 19.2 Å². The van der Waals surface area contributed by atoms with Gasteiger partial charge < -0.3 is 4.90 Å². The number of rotatable bonds is 6. The van der Waals surface area contributed by atoms with Crippen LogP contribution in [0.1, 0.15) is 47.5 Å². The molecule has 0 heterocycles. The zero-order valence-electron chi connectivity index (χ0n) is 14.6. The summed E-state index contributed by atoms with van der Waals surface area (Å²) < 4.78 is 0.699. The number of carbonyl (C=O) groups excluding carboxylic acids is 1. The van der Waals surface area contributed by atoms with Gasteiger partial charge in [-0.05, 0) is 24.0 Å². The van der Waals surface area contributed by atoms with Gasteiger partial charge in [-0.3, -0.25) is 14.9 Å². The summed E-state index contributed by atoms with van der Waals surface area (Å²) in [5.41, 5.74) is -0.348. The maximum absolute atomic E-state index is 12.9. The van der Waals surface area contributed by atoms with Crippen molar-refractivity contribution in [3.05, 3.63) is 32.8 Å². The van der Waals surface area contributed by atoms with E-state index in [0.717, 1.165) is 6.42 Å². The van der Waals surface area contributed by atoms with Crippen molar-refractivity contribution in [2.24, 2.45) is 10.8 Å². The maximum Gasteiger partial charge on any atom is 0.293 e. The van der Waals surface area contributed by atoms with Crippen LogP contribution >= 0.6 is 15.9 Å². The minimum absolute atomic E-state index is 0.0310. The fraction of sp³-hybridized carbons (Fsp3) is 0.588. The Morgan fingerprint density at radius 2 is 1.87 bits per heavy atom. The van der Waals surface area contributed by atoms with E-state index in [1.807, 2.05) is 13.8 Å². The summed E-state index contributed by atoms with van der Waals surface area (Å²) in [5, 5.41) is 11.2. The first-order valence-corrected chi connectivity index (χ1v) is 8.43. The zero-order valence-corrected chi connectivity index (χ0v) is 16.2. The minimum atomic E-state index is -0.607. The Morgan fingerprint density at radius 3 is 2.35 bits per heavy atom. The number of nitro benzene ring substituents is 1. The first kappa shape index (κ1) is 19.6. The predicted octanol–water partition coefficient (Wildman–Crippen LogP) is 5.17. The topological polar surface area (TPSA) is 63.5 Å². The number of nitrogens with zero attached hydrogens (tertiary/aromatic N) is 2. The summed E-state index contributed by atoms with van der Waals surface area (Å²) in [6.45, 7) is 10.1. The summed E-state index contributed by atoms with van der Waals surface area (Å²) in [6, 6.07) is 4.62. The fourth-order valence-corrected chi connectivity index (χ4v) is 3.23. The number of hydrogen-bond acceptors (Lipinski definition) is 3. The van der Waals surface area contributed by atoms with Crippen LogP contribution < -0.4 is 4.90 Å². The molecule has 1 amide bonds. The third-order valence-corrected chi connectivity index (χ3v) is 4.75. The van der Waals surface area contributed by atoms with Gasteiger partial charge in [-0.2, -0.15) is 0 Å². The maximum atomic E-state index is 12.9. The van der Waals surface area contributed by atoms with Crippen molar-refractivity contribution < 1.29 is 9.72 Å². The minimum Gasteiger partial charge on any atom is -0.309 e. The molecule has 0 aliphatic carbocycles. The third-order valence-electron chi connectivity index (χ3n) is 4.26.